The number of hydrogen-bond acceptors (Lipinski definition) is 4. The molecule has 1 aliphatic heterocycles. The van der Waals surface area contributed by atoms with Gasteiger partial charge in [-0.1, -0.05) is 12.6 Å². The second-order valence-corrected chi connectivity index (χ2v) is 8.11. The Hall–Kier alpha value is -4.07. The smallest absolute Gasteiger partial charge is 0.246 e. The SMILES string of the molecule is C=CC(=O)N1CCC[C@H]1c1nc(-c2ccc(OCc3ccc(F)c(F)c3)cc2)c2cnccn12. The van der Waals surface area contributed by atoms with E-state index in [9.17, 15) is 13.6 Å². The van der Waals surface area contributed by atoms with Crippen molar-refractivity contribution in [2.45, 2.75) is 25.5 Å². The molecule has 1 saturated heterocycles. The normalized spacial score (nSPS) is 15.6. The summed E-state index contributed by atoms with van der Waals surface area (Å²) in [4.78, 5) is 23.3. The van der Waals surface area contributed by atoms with Crippen molar-refractivity contribution in [3.63, 3.8) is 0 Å². The summed E-state index contributed by atoms with van der Waals surface area (Å²) in [6, 6.07) is 11.0. The van der Waals surface area contributed by atoms with E-state index in [2.05, 4.69) is 11.6 Å². The molecule has 0 N–H and O–H groups in total. The molecule has 6 nitrogen and oxygen atoms in total. The number of benzene rings is 2. The second kappa shape index (κ2) is 9.05. The van der Waals surface area contributed by atoms with Crippen molar-refractivity contribution in [2.75, 3.05) is 6.54 Å². The Kier molecular flexibility index (Phi) is 5.79. The summed E-state index contributed by atoms with van der Waals surface area (Å²) in [5.41, 5.74) is 3.00. The first kappa shape index (κ1) is 21.8. The van der Waals surface area contributed by atoms with E-state index in [0.717, 1.165) is 47.6 Å². The zero-order valence-electron chi connectivity index (χ0n) is 18.3. The Morgan fingerprint density at radius 1 is 1.18 bits per heavy atom. The molecule has 5 rings (SSSR count). The van der Waals surface area contributed by atoms with Crippen LogP contribution in [0.4, 0.5) is 8.78 Å². The lowest BCUT2D eigenvalue weighted by Crippen LogP contribution is -2.29. The maximum atomic E-state index is 13.4. The Labute approximate surface area is 195 Å². The van der Waals surface area contributed by atoms with E-state index < -0.39 is 11.6 Å². The van der Waals surface area contributed by atoms with Gasteiger partial charge in [0.25, 0.3) is 0 Å². The molecule has 1 aliphatic rings. The minimum atomic E-state index is -0.900. The number of hydrogen-bond donors (Lipinski definition) is 0. The molecule has 0 unspecified atom stereocenters. The van der Waals surface area contributed by atoms with Crippen LogP contribution < -0.4 is 4.74 Å². The number of fused-ring (bicyclic) bond motifs is 1. The molecule has 0 bridgehead atoms. The van der Waals surface area contributed by atoms with Gasteiger partial charge >= 0.3 is 0 Å². The van der Waals surface area contributed by atoms with Crippen LogP contribution in [0.3, 0.4) is 0 Å². The van der Waals surface area contributed by atoms with Crippen LogP contribution in [0.5, 0.6) is 5.75 Å². The zero-order valence-corrected chi connectivity index (χ0v) is 18.3. The third kappa shape index (κ3) is 4.03. The van der Waals surface area contributed by atoms with Crippen molar-refractivity contribution in [3.8, 4) is 17.0 Å². The largest absolute Gasteiger partial charge is 0.489 e. The molecule has 4 aromatic rings. The monoisotopic (exact) mass is 460 g/mol. The van der Waals surface area contributed by atoms with Gasteiger partial charge in [0.05, 0.1) is 23.4 Å². The van der Waals surface area contributed by atoms with Crippen molar-refractivity contribution < 1.29 is 18.3 Å². The van der Waals surface area contributed by atoms with Crippen LogP contribution in [0.15, 0.2) is 73.7 Å². The zero-order chi connectivity index (χ0) is 23.7. The minimum Gasteiger partial charge on any atom is -0.489 e. The van der Waals surface area contributed by atoms with Crippen LogP contribution in [0, 0.1) is 11.6 Å². The van der Waals surface area contributed by atoms with E-state index >= 15 is 0 Å². The molecule has 0 aliphatic carbocycles. The summed E-state index contributed by atoms with van der Waals surface area (Å²) in [5.74, 6) is -0.503. The second-order valence-electron chi connectivity index (χ2n) is 8.11. The highest BCUT2D eigenvalue weighted by Crippen LogP contribution is 2.35. The lowest BCUT2D eigenvalue weighted by molar-refractivity contribution is -0.127. The molecule has 1 atom stereocenters. The number of nitrogens with zero attached hydrogens (tertiary/aromatic N) is 4. The lowest BCUT2D eigenvalue weighted by Gasteiger charge is -2.22. The predicted molar refractivity (Wildman–Crippen MR) is 123 cm³/mol. The lowest BCUT2D eigenvalue weighted by atomic mass is 10.1. The number of likely N-dealkylation sites (tertiary alicyclic amines) is 1. The maximum absolute atomic E-state index is 13.4. The van der Waals surface area contributed by atoms with Crippen LogP contribution in [-0.2, 0) is 11.4 Å². The van der Waals surface area contributed by atoms with Crippen molar-refractivity contribution in [3.05, 3.63) is 96.7 Å². The Morgan fingerprint density at radius 2 is 2.00 bits per heavy atom. The molecule has 172 valence electrons. The Morgan fingerprint density at radius 3 is 2.76 bits per heavy atom. The van der Waals surface area contributed by atoms with Gasteiger partial charge in [-0.3, -0.25) is 14.2 Å². The quantitative estimate of drug-likeness (QED) is 0.376. The van der Waals surface area contributed by atoms with Crippen LogP contribution in [0.1, 0.15) is 30.3 Å². The van der Waals surface area contributed by atoms with E-state index in [1.165, 1.54) is 12.1 Å². The van der Waals surface area contributed by atoms with Gasteiger partial charge in [-0.15, -0.1) is 0 Å². The number of amides is 1. The first-order valence-electron chi connectivity index (χ1n) is 11.0. The number of carbonyl (C=O) groups is 1. The van der Waals surface area contributed by atoms with E-state index in [0.29, 0.717) is 17.9 Å². The predicted octanol–water partition coefficient (Wildman–Crippen LogP) is 5.10. The van der Waals surface area contributed by atoms with Gasteiger partial charge in [-0.05, 0) is 60.9 Å². The summed E-state index contributed by atoms with van der Waals surface area (Å²) in [5, 5.41) is 0. The highest BCUT2D eigenvalue weighted by atomic mass is 19.2. The standard InChI is InChI=1S/C26H22F2N4O2/c1-2-24(33)31-12-3-4-22(31)26-30-25(23-15-29-11-13-32(23)26)18-6-8-19(9-7-18)34-16-17-5-10-20(27)21(28)14-17/h2,5-11,13-15,22H,1,3-4,12,16H2/t22-/m0/s1. The first-order chi connectivity index (χ1) is 16.5. The molecular weight excluding hydrogens is 438 g/mol. The molecular formula is C26H22F2N4O2. The summed E-state index contributed by atoms with van der Waals surface area (Å²) < 4.78 is 34.2. The molecule has 8 heteroatoms. The van der Waals surface area contributed by atoms with Crippen molar-refractivity contribution >= 4 is 11.4 Å². The van der Waals surface area contributed by atoms with Gasteiger partial charge in [-0.2, -0.15) is 0 Å². The van der Waals surface area contributed by atoms with Gasteiger partial charge < -0.3 is 9.64 Å². The average molecular weight is 460 g/mol. The third-order valence-electron chi connectivity index (χ3n) is 6.00. The van der Waals surface area contributed by atoms with Crippen LogP contribution in [-0.4, -0.2) is 31.7 Å². The van der Waals surface area contributed by atoms with E-state index in [-0.39, 0.29) is 18.6 Å². The van der Waals surface area contributed by atoms with Crippen LogP contribution >= 0.6 is 0 Å². The summed E-state index contributed by atoms with van der Waals surface area (Å²) >= 11 is 0. The fourth-order valence-electron chi connectivity index (χ4n) is 4.33. The summed E-state index contributed by atoms with van der Waals surface area (Å²) in [6.07, 6.45) is 8.39. The highest BCUT2D eigenvalue weighted by molar-refractivity contribution is 5.87. The topological polar surface area (TPSA) is 59.7 Å². The van der Waals surface area contributed by atoms with Gasteiger partial charge in [0, 0.05) is 24.5 Å². The number of halogens is 2. The number of imidazole rings is 1. The van der Waals surface area contributed by atoms with Crippen LogP contribution in [0.2, 0.25) is 0 Å². The molecule has 1 amide bonds. The molecule has 1 fully saturated rings. The first-order valence-corrected chi connectivity index (χ1v) is 11.0. The Bertz CT molecular complexity index is 1370. The molecule has 0 radical (unpaired) electrons. The molecule has 0 spiro atoms. The van der Waals surface area contributed by atoms with Gasteiger partial charge in [0.2, 0.25) is 5.91 Å². The number of ether oxygens (including phenoxy) is 1. The molecule has 2 aromatic carbocycles. The van der Waals surface area contributed by atoms with Crippen LogP contribution in [0.25, 0.3) is 16.8 Å². The fraction of sp³-hybridized carbons (Fsp3) is 0.192. The number of carbonyl (C=O) groups excluding carboxylic acids is 1. The van der Waals surface area contributed by atoms with Crippen molar-refractivity contribution in [1.82, 2.24) is 19.3 Å². The van der Waals surface area contributed by atoms with E-state index in [1.807, 2.05) is 22.7 Å². The van der Waals surface area contributed by atoms with Gasteiger partial charge in [0.15, 0.2) is 11.6 Å². The molecule has 0 saturated carbocycles. The Balaban J connectivity index is 1.41. The fourth-order valence-corrected chi connectivity index (χ4v) is 4.33. The van der Waals surface area contributed by atoms with E-state index in [1.54, 1.807) is 29.4 Å². The third-order valence-corrected chi connectivity index (χ3v) is 6.00. The molecule has 3 heterocycles. The van der Waals surface area contributed by atoms with Gasteiger partial charge in [0.1, 0.15) is 18.2 Å². The maximum Gasteiger partial charge on any atom is 0.246 e. The van der Waals surface area contributed by atoms with Gasteiger partial charge in [-0.25, -0.2) is 13.8 Å². The van der Waals surface area contributed by atoms with Crippen molar-refractivity contribution in [1.29, 1.82) is 0 Å². The minimum absolute atomic E-state index is 0.0996. The number of rotatable bonds is 6. The number of aromatic nitrogens is 3. The molecule has 34 heavy (non-hydrogen) atoms. The summed E-state index contributed by atoms with van der Waals surface area (Å²) in [7, 11) is 0. The van der Waals surface area contributed by atoms with E-state index in [4.69, 9.17) is 9.72 Å². The summed E-state index contributed by atoms with van der Waals surface area (Å²) in [6.45, 7) is 4.42. The molecule has 2 aromatic heterocycles. The highest BCUT2D eigenvalue weighted by Gasteiger charge is 2.32. The average Bonchev–Trinajstić information content (AvgIpc) is 3.50. The van der Waals surface area contributed by atoms with Crippen molar-refractivity contribution in [2.24, 2.45) is 0 Å².